The number of benzene rings is 4. The predicted octanol–water partition coefficient (Wildman–Crippen LogP) is 9.24. The second kappa shape index (κ2) is 49.7. The first-order valence-corrected chi connectivity index (χ1v) is 43.6. The lowest BCUT2D eigenvalue weighted by Crippen LogP contribution is -2.46. The van der Waals surface area contributed by atoms with E-state index in [1.54, 1.807) is 12.1 Å². The smallest absolute Gasteiger partial charge is 0.407 e. The number of hydrogen-bond acceptors (Lipinski definition) is 24. The van der Waals surface area contributed by atoms with E-state index in [9.17, 15) is 33.9 Å². The summed E-state index contributed by atoms with van der Waals surface area (Å²) in [5.74, 6) is -0.918. The SMILES string of the molecule is CC(C)COC(=O)NCC(Cc1ccccc1)C(=O)O.CCN1CCN(CCCn2cnc3c(N4CCN(CC)CC4)nc(NC(=O)C(CNC(=O)OCC(C)C)Cc4ccccc4)nc32)CC1.CCN1CCN(CCCn2cnc3c(N4CCN(CC)CC4)nc(NC(=O)c4ccc(CN(C)C)cc4)nc32)CC1.CN(C)Cc1ccc(C(=O)O)cc1. The average molecular weight is 1680 g/mol. The van der Waals surface area contributed by atoms with Crippen molar-refractivity contribution < 1.29 is 48.5 Å². The van der Waals surface area contributed by atoms with Gasteiger partial charge in [-0.25, -0.2) is 24.4 Å². The lowest BCUT2D eigenvalue weighted by molar-refractivity contribution is -0.141. The quantitative estimate of drug-likeness (QED) is 0.0213. The molecular formula is C90H134N22O10. The number of imidazole rings is 2. The number of nitrogens with one attached hydrogen (secondary N) is 4. The van der Waals surface area contributed by atoms with E-state index in [0.717, 1.165) is 239 Å². The number of aryl methyl sites for hydroxylation is 2. The number of anilines is 4. The van der Waals surface area contributed by atoms with Crippen LogP contribution in [0.4, 0.5) is 33.1 Å². The zero-order valence-corrected chi connectivity index (χ0v) is 74.1. The number of rotatable bonds is 36. The molecular weight excluding hydrogens is 1550 g/mol. The van der Waals surface area contributed by atoms with Gasteiger partial charge in [-0.2, -0.15) is 19.9 Å². The van der Waals surface area contributed by atoms with Gasteiger partial charge < -0.3 is 88.5 Å². The van der Waals surface area contributed by atoms with Crippen LogP contribution in [0.1, 0.15) is 111 Å². The number of aliphatic carboxylic acids is 1. The Morgan fingerprint density at radius 2 is 0.787 bits per heavy atom. The van der Waals surface area contributed by atoms with Gasteiger partial charge in [0.2, 0.25) is 17.8 Å². The third-order valence-electron chi connectivity index (χ3n) is 22.0. The Hall–Kier alpha value is -10.3. The lowest BCUT2D eigenvalue weighted by atomic mass is 9.98. The molecule has 2 atom stereocenters. The number of alkyl carbamates (subject to hydrolysis) is 2. The maximum absolute atomic E-state index is 13.9. The molecule has 0 radical (unpaired) electrons. The van der Waals surface area contributed by atoms with Crippen molar-refractivity contribution in [3.05, 3.63) is 155 Å². The molecule has 4 aromatic heterocycles. The summed E-state index contributed by atoms with van der Waals surface area (Å²) in [4.78, 5) is 125. The fraction of sp³-hybridized carbons (Fsp3) is 0.556. The highest BCUT2D eigenvalue weighted by molar-refractivity contribution is 6.04. The van der Waals surface area contributed by atoms with E-state index in [4.69, 9.17) is 44.5 Å². The zero-order chi connectivity index (χ0) is 87.5. The molecule has 4 fully saturated rings. The average Bonchev–Trinajstić information content (AvgIpc) is 1.60. The number of nitrogens with zero attached hydrogens (tertiary/aromatic N) is 18. The summed E-state index contributed by atoms with van der Waals surface area (Å²) in [5, 5.41) is 29.1. The van der Waals surface area contributed by atoms with Crippen molar-refractivity contribution in [3.63, 3.8) is 0 Å². The number of aromatic carboxylic acids is 1. The lowest BCUT2D eigenvalue weighted by Gasteiger charge is -2.34. The van der Waals surface area contributed by atoms with Crippen molar-refractivity contribution in [2.45, 2.75) is 107 Å². The summed E-state index contributed by atoms with van der Waals surface area (Å²) in [5.41, 5.74) is 8.19. The maximum atomic E-state index is 13.9. The third kappa shape index (κ3) is 31.2. The number of aromatic nitrogens is 8. The third-order valence-corrected chi connectivity index (χ3v) is 22.0. The molecule has 8 aromatic rings. The number of carboxylic acid groups (broad SMARTS) is 2. The first-order valence-electron chi connectivity index (χ1n) is 43.6. The van der Waals surface area contributed by atoms with Crippen LogP contribution < -0.4 is 31.1 Å². The molecule has 6 N–H and O–H groups in total. The zero-order valence-electron chi connectivity index (χ0n) is 74.1. The first-order chi connectivity index (χ1) is 58.8. The van der Waals surface area contributed by atoms with Crippen LogP contribution in [-0.2, 0) is 58.1 Å². The minimum atomic E-state index is -0.932. The van der Waals surface area contributed by atoms with Crippen LogP contribution in [-0.4, -0.2) is 323 Å². The van der Waals surface area contributed by atoms with E-state index < -0.39 is 36.0 Å². The summed E-state index contributed by atoms with van der Waals surface area (Å²) >= 11 is 0. The number of fused-ring (bicyclic) bond motifs is 2. The molecule has 4 aliphatic rings. The fourth-order valence-corrected chi connectivity index (χ4v) is 14.8. The van der Waals surface area contributed by atoms with E-state index in [2.05, 4.69) is 102 Å². The topological polar surface area (TPSA) is 329 Å². The number of likely N-dealkylation sites (N-methyl/N-ethyl adjacent to an activating group) is 4. The first kappa shape index (κ1) is 95.5. The van der Waals surface area contributed by atoms with Crippen molar-refractivity contribution in [2.75, 3.05) is 219 Å². The van der Waals surface area contributed by atoms with E-state index in [1.807, 2.05) is 171 Å². The van der Waals surface area contributed by atoms with Gasteiger partial charge in [-0.05, 0) is 151 Å². The molecule has 4 aromatic carbocycles. The van der Waals surface area contributed by atoms with Crippen LogP contribution in [0.5, 0.6) is 0 Å². The van der Waals surface area contributed by atoms with Crippen molar-refractivity contribution in [3.8, 4) is 0 Å². The highest BCUT2D eigenvalue weighted by Crippen LogP contribution is 2.29. The molecule has 4 amide bonds. The minimum absolute atomic E-state index is 0.0567. The monoisotopic (exact) mass is 1680 g/mol. The highest BCUT2D eigenvalue weighted by atomic mass is 16.6. The predicted molar refractivity (Wildman–Crippen MR) is 480 cm³/mol. The van der Waals surface area contributed by atoms with Crippen molar-refractivity contribution in [1.29, 1.82) is 0 Å². The summed E-state index contributed by atoms with van der Waals surface area (Å²) in [6.45, 7) is 43.3. The summed E-state index contributed by atoms with van der Waals surface area (Å²) in [6.07, 6.45) is 5.45. The van der Waals surface area contributed by atoms with Gasteiger partial charge in [0.25, 0.3) is 5.91 Å². The molecule has 8 heterocycles. The van der Waals surface area contributed by atoms with Gasteiger partial charge >= 0.3 is 24.1 Å². The molecule has 122 heavy (non-hydrogen) atoms. The Morgan fingerprint density at radius 1 is 0.426 bits per heavy atom. The molecule has 0 bridgehead atoms. The molecule has 0 spiro atoms. The van der Waals surface area contributed by atoms with Crippen molar-refractivity contribution in [1.82, 2.24) is 88.9 Å². The number of piperazine rings is 4. The number of carboxylic acids is 2. The largest absolute Gasteiger partial charge is 0.481 e. The Kier molecular flexibility index (Phi) is 38.9. The number of hydrogen-bond donors (Lipinski definition) is 6. The van der Waals surface area contributed by atoms with Crippen LogP contribution in [0, 0.1) is 23.7 Å². The van der Waals surface area contributed by atoms with Crippen LogP contribution in [0.2, 0.25) is 0 Å². The van der Waals surface area contributed by atoms with Gasteiger partial charge in [-0.1, -0.05) is 140 Å². The fourth-order valence-electron chi connectivity index (χ4n) is 14.8. The van der Waals surface area contributed by atoms with Crippen LogP contribution in [0.15, 0.2) is 122 Å². The van der Waals surface area contributed by atoms with Crippen LogP contribution in [0.25, 0.3) is 22.3 Å². The normalized spacial score (nSPS) is 15.7. The molecule has 32 nitrogen and oxygen atoms in total. The Labute approximate surface area is 720 Å². The highest BCUT2D eigenvalue weighted by Gasteiger charge is 2.29. The molecule has 0 aliphatic carbocycles. The number of amides is 4. The van der Waals surface area contributed by atoms with Gasteiger partial charge in [0.05, 0.1) is 43.3 Å². The molecule has 32 heteroatoms. The number of ether oxygens (including phenoxy) is 2. The van der Waals surface area contributed by atoms with Crippen molar-refractivity contribution >= 4 is 81.8 Å². The standard InChI is InChI=1S/C35H54N10O3.C30H46N10O.C15H21NO4.C10H13NO2/c1-5-41-15-17-43(18-16-41)13-10-14-45-26-37-30-31(44-21-19-42(6-2)20-22-44)38-34(39-32(30)45)40-33(46)29(23-28-11-8-7-9-12-28)24-36-35(47)48-25-27(3)4;1-5-36-14-16-38(17-15-36)12-7-13-40-23-31-26-27(39-20-18-37(6-2)19-21-39)32-30(33-28(26)40)34-29(41)25-10-8-24(9-11-25)22-35(3)4;1-11(2)10-20-15(19)16-9-13(14(17)18)8-12-6-4-3-5-7-12;1-11(2)7-8-3-5-9(6-4-8)10(12)13/h7-9,11-12,26-27,29H,5-6,10,13-25H2,1-4H3,(H,36,47)(H,38,39,40,46);8-11,23H,5-7,12-22H2,1-4H3,(H,32,33,34,41);3-7,11,13H,8-10H2,1-2H3,(H,16,19)(H,17,18);3-6H,7H2,1-2H3,(H,12,13). The summed E-state index contributed by atoms with van der Waals surface area (Å²) in [7, 11) is 8.02. The van der Waals surface area contributed by atoms with Gasteiger partial charge in [0.15, 0.2) is 34.0 Å². The molecule has 4 aliphatic heterocycles. The Balaban J connectivity index is 0.000000205. The van der Waals surface area contributed by atoms with E-state index in [-0.39, 0.29) is 42.7 Å². The van der Waals surface area contributed by atoms with E-state index in [0.29, 0.717) is 43.1 Å². The Morgan fingerprint density at radius 3 is 1.16 bits per heavy atom. The summed E-state index contributed by atoms with van der Waals surface area (Å²) in [6, 6.07) is 33.8. The molecule has 12 rings (SSSR count). The Bertz CT molecular complexity index is 4480. The minimum Gasteiger partial charge on any atom is -0.481 e. The molecule has 0 saturated carbocycles. The summed E-state index contributed by atoms with van der Waals surface area (Å²) < 4.78 is 14.5. The van der Waals surface area contributed by atoms with Gasteiger partial charge in [0, 0.05) is 150 Å². The molecule has 2 unspecified atom stereocenters. The van der Waals surface area contributed by atoms with Crippen LogP contribution >= 0.6 is 0 Å². The van der Waals surface area contributed by atoms with E-state index in [1.165, 1.54) is 0 Å². The number of carbonyl (C=O) groups is 6. The maximum Gasteiger partial charge on any atom is 0.407 e. The van der Waals surface area contributed by atoms with Gasteiger partial charge in [-0.3, -0.25) is 25.0 Å². The van der Waals surface area contributed by atoms with Gasteiger partial charge in [-0.15, -0.1) is 0 Å². The molecule has 664 valence electrons. The van der Waals surface area contributed by atoms with E-state index >= 15 is 0 Å². The second-order valence-corrected chi connectivity index (χ2v) is 33.0. The number of carbonyl (C=O) groups excluding carboxylic acids is 4. The molecule has 4 saturated heterocycles. The van der Waals surface area contributed by atoms with Crippen LogP contribution in [0.3, 0.4) is 0 Å². The second-order valence-electron chi connectivity index (χ2n) is 33.0. The van der Waals surface area contributed by atoms with Gasteiger partial charge in [0.1, 0.15) is 0 Å². The van der Waals surface area contributed by atoms with Crippen molar-refractivity contribution in [2.24, 2.45) is 23.7 Å².